The average molecular weight is 466 g/mol. The standard InChI is InChI=1S/C21H22O12/c22-6-14-17(29)19(31)20(32)21(33-14)16-13(28)5-12(27)15(18(16)30)11(26)4-9(24)7-1-2-8(23)10(25)3-7/h1-3,5,14,17,19-23,25,27-32H,4,6H2/t14?,17-,19?,20?,21+/m1/s1. The molecule has 1 fully saturated rings. The second kappa shape index (κ2) is 9.21. The first-order chi connectivity index (χ1) is 15.5. The molecular weight excluding hydrogens is 444 g/mol. The fraction of sp³-hybridized carbons (Fsp3) is 0.333. The van der Waals surface area contributed by atoms with Gasteiger partial charge in [0.1, 0.15) is 53.3 Å². The van der Waals surface area contributed by atoms with Gasteiger partial charge < -0.3 is 50.7 Å². The van der Waals surface area contributed by atoms with Gasteiger partial charge >= 0.3 is 0 Å². The number of aliphatic hydroxyl groups is 4. The largest absolute Gasteiger partial charge is 0.507 e. The predicted molar refractivity (Wildman–Crippen MR) is 107 cm³/mol. The van der Waals surface area contributed by atoms with Gasteiger partial charge in [0.05, 0.1) is 18.6 Å². The van der Waals surface area contributed by atoms with Crippen LogP contribution >= 0.6 is 0 Å². The van der Waals surface area contributed by atoms with Gasteiger partial charge in [-0.2, -0.15) is 0 Å². The quantitative estimate of drug-likeness (QED) is 0.145. The first kappa shape index (κ1) is 24.2. The van der Waals surface area contributed by atoms with Gasteiger partial charge in [0.15, 0.2) is 23.1 Å². The maximum Gasteiger partial charge on any atom is 0.178 e. The van der Waals surface area contributed by atoms with Crippen LogP contribution in [0.3, 0.4) is 0 Å². The topological polar surface area (TPSA) is 225 Å². The maximum absolute atomic E-state index is 12.7. The van der Waals surface area contributed by atoms with E-state index in [1.807, 2.05) is 0 Å². The first-order valence-corrected chi connectivity index (χ1v) is 9.64. The molecule has 9 N–H and O–H groups in total. The lowest BCUT2D eigenvalue weighted by Gasteiger charge is -2.40. The van der Waals surface area contributed by atoms with E-state index in [-0.39, 0.29) is 5.56 Å². The molecule has 1 aliphatic heterocycles. The third-order valence-corrected chi connectivity index (χ3v) is 5.37. The van der Waals surface area contributed by atoms with Crippen LogP contribution in [0.1, 0.15) is 38.8 Å². The third-order valence-electron chi connectivity index (χ3n) is 5.37. The van der Waals surface area contributed by atoms with Gasteiger partial charge in [-0.3, -0.25) is 9.59 Å². The first-order valence-electron chi connectivity index (χ1n) is 9.64. The molecule has 5 atom stereocenters. The van der Waals surface area contributed by atoms with E-state index in [9.17, 15) is 55.5 Å². The number of carbonyl (C=O) groups excluding carboxylic acids is 2. The van der Waals surface area contributed by atoms with Crippen molar-refractivity contribution in [2.75, 3.05) is 6.61 Å². The normalized spacial score (nSPS) is 25.0. The molecule has 178 valence electrons. The summed E-state index contributed by atoms with van der Waals surface area (Å²) in [6.07, 6.45) is -9.49. The zero-order valence-corrected chi connectivity index (χ0v) is 16.9. The van der Waals surface area contributed by atoms with Crippen LogP contribution in [-0.2, 0) is 4.74 Å². The molecule has 3 rings (SSSR count). The minimum absolute atomic E-state index is 0.148. The van der Waals surface area contributed by atoms with Gasteiger partial charge in [-0.15, -0.1) is 0 Å². The molecule has 0 bridgehead atoms. The summed E-state index contributed by atoms with van der Waals surface area (Å²) in [5.41, 5.74) is -1.57. The number of hydrogen-bond donors (Lipinski definition) is 9. The summed E-state index contributed by atoms with van der Waals surface area (Å²) in [6.45, 7) is -0.791. The van der Waals surface area contributed by atoms with Crippen LogP contribution in [0.2, 0.25) is 0 Å². The van der Waals surface area contributed by atoms with Gasteiger partial charge in [0, 0.05) is 11.6 Å². The molecule has 2 aromatic rings. The van der Waals surface area contributed by atoms with Crippen LogP contribution in [0.5, 0.6) is 28.7 Å². The van der Waals surface area contributed by atoms with Crippen molar-refractivity contribution in [2.24, 2.45) is 0 Å². The Hall–Kier alpha value is -3.42. The Morgan fingerprint density at radius 3 is 2.06 bits per heavy atom. The van der Waals surface area contributed by atoms with Gasteiger partial charge in [-0.05, 0) is 18.2 Å². The zero-order valence-electron chi connectivity index (χ0n) is 16.9. The van der Waals surface area contributed by atoms with E-state index in [2.05, 4.69) is 0 Å². The number of aromatic hydroxyl groups is 5. The van der Waals surface area contributed by atoms with Gasteiger partial charge in [0.25, 0.3) is 0 Å². The van der Waals surface area contributed by atoms with E-state index in [0.717, 1.165) is 18.2 Å². The molecule has 1 aliphatic rings. The molecule has 0 aliphatic carbocycles. The highest BCUT2D eigenvalue weighted by molar-refractivity contribution is 6.15. The molecule has 0 radical (unpaired) electrons. The highest BCUT2D eigenvalue weighted by atomic mass is 16.5. The summed E-state index contributed by atoms with van der Waals surface area (Å²) in [5.74, 6) is -5.82. The number of aliphatic hydroxyl groups excluding tert-OH is 4. The molecular formula is C21H22O12. The minimum Gasteiger partial charge on any atom is -0.507 e. The molecule has 3 unspecified atom stereocenters. The molecule has 12 nitrogen and oxygen atoms in total. The molecule has 0 saturated carbocycles. The Kier molecular flexibility index (Phi) is 6.76. The number of benzene rings is 2. The van der Waals surface area contributed by atoms with Crippen LogP contribution in [0, 0.1) is 0 Å². The van der Waals surface area contributed by atoms with Gasteiger partial charge in [0.2, 0.25) is 0 Å². The number of rotatable bonds is 6. The Morgan fingerprint density at radius 1 is 0.788 bits per heavy atom. The van der Waals surface area contributed by atoms with Crippen LogP contribution < -0.4 is 0 Å². The molecule has 0 spiro atoms. The Balaban J connectivity index is 1.97. The average Bonchev–Trinajstić information content (AvgIpc) is 2.75. The van der Waals surface area contributed by atoms with E-state index in [1.54, 1.807) is 0 Å². The number of hydrogen-bond acceptors (Lipinski definition) is 12. The maximum atomic E-state index is 12.7. The summed E-state index contributed by atoms with van der Waals surface area (Å²) < 4.78 is 5.29. The van der Waals surface area contributed by atoms with Crippen molar-refractivity contribution in [2.45, 2.75) is 36.9 Å². The Morgan fingerprint density at radius 2 is 1.45 bits per heavy atom. The van der Waals surface area contributed by atoms with E-state index in [4.69, 9.17) is 4.74 Å². The zero-order chi connectivity index (χ0) is 24.6. The lowest BCUT2D eigenvalue weighted by Crippen LogP contribution is -2.55. The van der Waals surface area contributed by atoms with Crippen LogP contribution in [0.25, 0.3) is 0 Å². The number of phenols is 5. The second-order valence-electron chi connectivity index (χ2n) is 7.53. The van der Waals surface area contributed by atoms with Crippen molar-refractivity contribution in [1.29, 1.82) is 0 Å². The monoisotopic (exact) mass is 466 g/mol. The summed E-state index contributed by atoms with van der Waals surface area (Å²) in [6, 6.07) is 3.74. The molecule has 12 heteroatoms. The fourth-order valence-corrected chi connectivity index (χ4v) is 3.59. The number of ketones is 2. The SMILES string of the molecule is O=C(CC(=O)c1c(O)cc(O)c([C@@H]2OC(CO)[C@@H](O)C(O)C2O)c1O)c1ccc(O)c(O)c1. The number of ether oxygens (including phenoxy) is 1. The summed E-state index contributed by atoms with van der Waals surface area (Å²) >= 11 is 0. The Labute approximate surface area is 185 Å². The van der Waals surface area contributed by atoms with Gasteiger partial charge in [-0.25, -0.2) is 0 Å². The van der Waals surface area contributed by atoms with E-state index >= 15 is 0 Å². The molecule has 0 aromatic heterocycles. The third kappa shape index (κ3) is 4.42. The number of carbonyl (C=O) groups is 2. The van der Waals surface area contributed by atoms with Crippen molar-refractivity contribution in [3.05, 3.63) is 41.0 Å². The van der Waals surface area contributed by atoms with Crippen LogP contribution in [0.4, 0.5) is 0 Å². The van der Waals surface area contributed by atoms with Crippen molar-refractivity contribution < 1.29 is 60.3 Å². The predicted octanol–water partition coefficient (Wildman–Crippen LogP) is -0.815. The molecule has 1 saturated heterocycles. The molecule has 1 heterocycles. The minimum atomic E-state index is -1.91. The lowest BCUT2D eigenvalue weighted by molar-refractivity contribution is -0.232. The van der Waals surface area contributed by atoms with Crippen molar-refractivity contribution in [1.82, 2.24) is 0 Å². The number of Topliss-reactive ketones (excluding diaryl/α,β-unsaturated/α-hetero) is 2. The summed E-state index contributed by atoms with van der Waals surface area (Å²) in [4.78, 5) is 25.1. The highest BCUT2D eigenvalue weighted by Gasteiger charge is 2.46. The molecule has 0 amide bonds. The van der Waals surface area contributed by atoms with E-state index in [1.165, 1.54) is 0 Å². The second-order valence-corrected chi connectivity index (χ2v) is 7.53. The molecule has 33 heavy (non-hydrogen) atoms. The van der Waals surface area contributed by atoms with Gasteiger partial charge in [-0.1, -0.05) is 0 Å². The van der Waals surface area contributed by atoms with Crippen LogP contribution in [-0.4, -0.2) is 88.5 Å². The summed E-state index contributed by atoms with van der Waals surface area (Å²) in [7, 11) is 0. The van der Waals surface area contributed by atoms with Crippen molar-refractivity contribution in [3.8, 4) is 28.7 Å². The van der Waals surface area contributed by atoms with Crippen molar-refractivity contribution in [3.63, 3.8) is 0 Å². The van der Waals surface area contributed by atoms with Crippen LogP contribution in [0.15, 0.2) is 24.3 Å². The van der Waals surface area contributed by atoms with E-state index in [0.29, 0.717) is 6.07 Å². The van der Waals surface area contributed by atoms with E-state index < -0.39 is 95.0 Å². The Bertz CT molecular complexity index is 1080. The smallest absolute Gasteiger partial charge is 0.178 e. The molecule has 2 aromatic carbocycles. The number of phenolic OH excluding ortho intramolecular Hbond substituents is 5. The fourth-order valence-electron chi connectivity index (χ4n) is 3.59. The summed E-state index contributed by atoms with van der Waals surface area (Å²) in [5, 5.41) is 89.3. The lowest BCUT2D eigenvalue weighted by atomic mass is 9.88. The highest BCUT2D eigenvalue weighted by Crippen LogP contribution is 2.46. The van der Waals surface area contributed by atoms with Crippen molar-refractivity contribution >= 4 is 11.6 Å².